The number of rotatable bonds is 50. The molecule has 17 atom stereocenters. The Morgan fingerprint density at radius 3 is 1.27 bits per heavy atom. The molecule has 0 aromatic carbocycles. The van der Waals surface area contributed by atoms with Gasteiger partial charge in [-0.25, -0.2) is 0 Å². The summed E-state index contributed by atoms with van der Waals surface area (Å²) in [7, 11) is 0. The molecule has 0 aromatic heterocycles. The van der Waals surface area contributed by atoms with E-state index in [1.165, 1.54) is 141 Å². The Hall–Kier alpha value is -2.25. The lowest BCUT2D eigenvalue weighted by atomic mass is 9.96. The molecule has 3 rings (SSSR count). The van der Waals surface area contributed by atoms with Gasteiger partial charge in [0, 0.05) is 6.42 Å². The first-order valence-corrected chi connectivity index (χ1v) is 33.4. The molecule has 0 radical (unpaired) electrons. The van der Waals surface area contributed by atoms with E-state index in [0.717, 1.165) is 57.8 Å². The molecule has 85 heavy (non-hydrogen) atoms. The Morgan fingerprint density at radius 1 is 0.424 bits per heavy atom. The standard InChI is InChI=1S/C66H119NO18/c1-3-5-7-9-11-13-15-17-19-21-23-24-26-27-29-31-33-35-37-39-41-43-50(71)49(67-54(72)44-42-40-38-36-34-32-30-28-25-22-20-18-16-14-12-10-8-6-4-2)48-80-64-60(78)57(75)62(52(46-69)82-64)85-66-61(79)58(76)63(53(47-70)83-66)84-65-59(77)56(74)55(73)51(45-68)81-65/h12,14,18,20,33,35,41,43,49-53,55-66,68-71,73-79H,3-11,13,15-17,19,21-32,34,36-40,42,44-48H2,1-2H3,(H,67,72)/b14-12-,20-18-,35-33+,43-41+. The molecule has 3 aliphatic heterocycles. The van der Waals surface area contributed by atoms with Gasteiger partial charge in [-0.1, -0.05) is 210 Å². The smallest absolute Gasteiger partial charge is 0.220 e. The summed E-state index contributed by atoms with van der Waals surface area (Å²) in [6.45, 7) is 1.69. The Balaban J connectivity index is 1.48. The molecular weight excluding hydrogens is 1090 g/mol. The minimum atomic E-state index is -1.98. The third kappa shape index (κ3) is 31.4. The summed E-state index contributed by atoms with van der Waals surface area (Å²) < 4.78 is 34.3. The third-order valence-electron chi connectivity index (χ3n) is 16.6. The first-order valence-electron chi connectivity index (χ1n) is 33.4. The van der Waals surface area contributed by atoms with Crippen LogP contribution in [-0.4, -0.2) is 193 Å². The van der Waals surface area contributed by atoms with Crippen LogP contribution in [0.1, 0.15) is 232 Å². The number of amides is 1. The lowest BCUT2D eigenvalue weighted by molar-refractivity contribution is -0.379. The molecular formula is C66H119NO18. The van der Waals surface area contributed by atoms with Gasteiger partial charge in [0.15, 0.2) is 18.9 Å². The number of aliphatic hydroxyl groups is 11. The van der Waals surface area contributed by atoms with Crippen LogP contribution in [-0.2, 0) is 33.2 Å². The van der Waals surface area contributed by atoms with Crippen LogP contribution in [0, 0.1) is 0 Å². The molecule has 19 heteroatoms. The Morgan fingerprint density at radius 2 is 0.788 bits per heavy atom. The number of nitrogens with one attached hydrogen (secondary N) is 1. The molecule has 1 amide bonds. The largest absolute Gasteiger partial charge is 0.394 e. The Bertz CT molecular complexity index is 1740. The highest BCUT2D eigenvalue weighted by molar-refractivity contribution is 5.76. The summed E-state index contributed by atoms with van der Waals surface area (Å²) >= 11 is 0. The van der Waals surface area contributed by atoms with Crippen molar-refractivity contribution in [3.8, 4) is 0 Å². The van der Waals surface area contributed by atoms with Crippen molar-refractivity contribution in [2.45, 2.75) is 336 Å². The molecule has 12 N–H and O–H groups in total. The topological polar surface area (TPSA) is 307 Å². The highest BCUT2D eigenvalue weighted by Gasteiger charge is 2.53. The molecule has 0 aliphatic carbocycles. The second-order valence-electron chi connectivity index (χ2n) is 23.9. The van der Waals surface area contributed by atoms with E-state index < -0.39 is 124 Å². The number of aliphatic hydroxyl groups excluding tert-OH is 11. The summed E-state index contributed by atoms with van der Waals surface area (Å²) in [5, 5.41) is 120. The highest BCUT2D eigenvalue weighted by Crippen LogP contribution is 2.33. The molecule has 17 unspecified atom stereocenters. The van der Waals surface area contributed by atoms with E-state index in [1.807, 2.05) is 6.08 Å². The van der Waals surface area contributed by atoms with Crippen molar-refractivity contribution in [3.05, 3.63) is 48.6 Å². The maximum absolute atomic E-state index is 13.4. The lowest BCUT2D eigenvalue weighted by Gasteiger charge is -2.48. The van der Waals surface area contributed by atoms with Crippen LogP contribution in [0.5, 0.6) is 0 Å². The van der Waals surface area contributed by atoms with Gasteiger partial charge in [-0.15, -0.1) is 0 Å². The van der Waals surface area contributed by atoms with E-state index in [9.17, 15) is 61.0 Å². The molecule has 496 valence electrons. The third-order valence-corrected chi connectivity index (χ3v) is 16.6. The van der Waals surface area contributed by atoms with Crippen molar-refractivity contribution in [3.63, 3.8) is 0 Å². The van der Waals surface area contributed by atoms with Gasteiger partial charge >= 0.3 is 0 Å². The van der Waals surface area contributed by atoms with Gasteiger partial charge in [-0.3, -0.25) is 4.79 Å². The average Bonchev–Trinajstić information content (AvgIpc) is 3.10. The fourth-order valence-corrected chi connectivity index (χ4v) is 11.1. The first kappa shape index (κ1) is 77.0. The van der Waals surface area contributed by atoms with Crippen LogP contribution in [0.2, 0.25) is 0 Å². The van der Waals surface area contributed by atoms with Gasteiger partial charge in [-0.2, -0.15) is 0 Å². The monoisotopic (exact) mass is 1210 g/mol. The second kappa shape index (κ2) is 48.6. The zero-order valence-corrected chi connectivity index (χ0v) is 52.1. The number of allylic oxidation sites excluding steroid dienone is 7. The van der Waals surface area contributed by atoms with E-state index in [4.69, 9.17) is 28.4 Å². The predicted octanol–water partition coefficient (Wildman–Crippen LogP) is 7.83. The molecule has 3 saturated heterocycles. The van der Waals surface area contributed by atoms with Crippen LogP contribution < -0.4 is 5.32 Å². The number of carbonyl (C=O) groups is 1. The van der Waals surface area contributed by atoms with Gasteiger partial charge in [-0.05, 0) is 64.2 Å². The van der Waals surface area contributed by atoms with Crippen molar-refractivity contribution >= 4 is 5.91 Å². The second-order valence-corrected chi connectivity index (χ2v) is 23.9. The quantitative estimate of drug-likeness (QED) is 0.0204. The van der Waals surface area contributed by atoms with E-state index >= 15 is 0 Å². The van der Waals surface area contributed by atoms with Crippen LogP contribution in [0.15, 0.2) is 48.6 Å². The van der Waals surface area contributed by atoms with Crippen LogP contribution in [0.3, 0.4) is 0 Å². The number of hydrogen-bond donors (Lipinski definition) is 12. The zero-order chi connectivity index (χ0) is 61.9. The number of ether oxygens (including phenoxy) is 6. The average molecular weight is 1210 g/mol. The maximum atomic E-state index is 13.4. The molecule has 0 bridgehead atoms. The first-order chi connectivity index (χ1) is 41.3. The zero-order valence-electron chi connectivity index (χ0n) is 52.1. The van der Waals surface area contributed by atoms with Gasteiger partial charge in [0.25, 0.3) is 0 Å². The summed E-state index contributed by atoms with van der Waals surface area (Å²) in [4.78, 5) is 13.4. The van der Waals surface area contributed by atoms with Gasteiger partial charge < -0.3 is 89.9 Å². The van der Waals surface area contributed by atoms with Gasteiger partial charge in [0.1, 0.15) is 73.2 Å². The van der Waals surface area contributed by atoms with E-state index in [0.29, 0.717) is 12.8 Å². The molecule has 3 fully saturated rings. The molecule has 0 aromatic rings. The van der Waals surface area contributed by atoms with Gasteiger partial charge in [0.2, 0.25) is 5.91 Å². The normalized spacial score (nSPS) is 29.3. The molecule has 0 spiro atoms. The summed E-state index contributed by atoms with van der Waals surface area (Å²) in [6.07, 6.45) is 29.4. The van der Waals surface area contributed by atoms with E-state index in [-0.39, 0.29) is 18.9 Å². The fraction of sp³-hybridized carbons (Fsp3) is 0.864. The van der Waals surface area contributed by atoms with Gasteiger partial charge in [0.05, 0.1) is 38.6 Å². The highest BCUT2D eigenvalue weighted by atomic mass is 16.8. The minimum absolute atomic E-state index is 0.230. The van der Waals surface area contributed by atoms with Crippen molar-refractivity contribution in [2.75, 3.05) is 26.4 Å². The predicted molar refractivity (Wildman–Crippen MR) is 328 cm³/mol. The van der Waals surface area contributed by atoms with Crippen LogP contribution in [0.4, 0.5) is 0 Å². The van der Waals surface area contributed by atoms with Crippen molar-refractivity contribution in [1.29, 1.82) is 0 Å². The minimum Gasteiger partial charge on any atom is -0.394 e. The summed E-state index contributed by atoms with van der Waals surface area (Å²) in [5.74, 6) is -0.290. The Labute approximate surface area is 510 Å². The molecule has 3 aliphatic rings. The van der Waals surface area contributed by atoms with Crippen LogP contribution in [0.25, 0.3) is 0 Å². The lowest BCUT2D eigenvalue weighted by Crippen LogP contribution is -2.66. The van der Waals surface area contributed by atoms with Crippen molar-refractivity contribution < 1.29 is 89.4 Å². The number of carbonyl (C=O) groups excluding carboxylic acids is 1. The summed E-state index contributed by atoms with van der Waals surface area (Å²) in [5.41, 5.74) is 0. The summed E-state index contributed by atoms with van der Waals surface area (Å²) in [6, 6.07) is -0.993. The van der Waals surface area contributed by atoms with Crippen molar-refractivity contribution in [2.24, 2.45) is 0 Å². The van der Waals surface area contributed by atoms with Crippen LogP contribution >= 0.6 is 0 Å². The fourth-order valence-electron chi connectivity index (χ4n) is 11.1. The maximum Gasteiger partial charge on any atom is 0.220 e. The SMILES string of the molecule is CCCCC/C=C\C/C=C\CCCCCCCCCCCC(=O)NC(COC1OC(CO)C(OC2OC(CO)C(OC3OC(CO)C(O)C(O)C3O)C(O)C2O)C(O)C1O)C(O)/C=C/CC/C=C/CCCCCCCCCCCCCCCCC. The number of hydrogen-bond acceptors (Lipinski definition) is 18. The Kier molecular flexibility index (Phi) is 44.0. The molecule has 0 saturated carbocycles. The van der Waals surface area contributed by atoms with Crippen molar-refractivity contribution in [1.82, 2.24) is 5.32 Å². The molecule has 3 heterocycles. The van der Waals surface area contributed by atoms with E-state index in [1.54, 1.807) is 6.08 Å². The number of unbranched alkanes of at least 4 members (excludes halogenated alkanes) is 28. The van der Waals surface area contributed by atoms with E-state index in [2.05, 4.69) is 55.6 Å². The molecule has 19 nitrogen and oxygen atoms in total.